The molecular formula is C24H23N3OS. The smallest absolute Gasteiger partial charge is 0.253 e. The molecule has 5 heteroatoms. The number of hydrogen-bond donors (Lipinski definition) is 1. The Morgan fingerprint density at radius 1 is 1.07 bits per heavy atom. The lowest BCUT2D eigenvalue weighted by Crippen LogP contribution is -2.25. The summed E-state index contributed by atoms with van der Waals surface area (Å²) in [6.45, 7) is 0.643. The number of carbonyl (C=O) groups excluding carboxylic acids is 1. The molecular weight excluding hydrogens is 378 g/mol. The summed E-state index contributed by atoms with van der Waals surface area (Å²) in [5.74, 6) is -0.0575. The molecule has 1 aliphatic carbocycles. The summed E-state index contributed by atoms with van der Waals surface area (Å²) in [7, 11) is 0. The lowest BCUT2D eigenvalue weighted by molar-refractivity contribution is 0.0955. The van der Waals surface area contributed by atoms with Crippen molar-refractivity contribution in [3.63, 3.8) is 0 Å². The molecule has 5 rings (SSSR count). The predicted molar refractivity (Wildman–Crippen MR) is 119 cm³/mol. The van der Waals surface area contributed by atoms with E-state index in [4.69, 9.17) is 4.98 Å². The molecule has 0 unspecified atom stereocenters. The summed E-state index contributed by atoms with van der Waals surface area (Å²) in [6, 6.07) is 14.0. The van der Waals surface area contributed by atoms with Crippen LogP contribution >= 0.6 is 11.3 Å². The van der Waals surface area contributed by atoms with Crippen LogP contribution in [0.1, 0.15) is 45.2 Å². The lowest BCUT2D eigenvalue weighted by Gasteiger charge is -2.10. The molecule has 4 nitrogen and oxygen atoms in total. The van der Waals surface area contributed by atoms with Gasteiger partial charge in [-0.15, -0.1) is 11.3 Å². The first-order chi connectivity index (χ1) is 14.3. The normalized spacial score (nSPS) is 13.5. The molecule has 0 saturated heterocycles. The molecule has 1 N–H and O–H groups in total. The van der Waals surface area contributed by atoms with Gasteiger partial charge in [0.15, 0.2) is 0 Å². The molecule has 0 saturated carbocycles. The molecule has 2 aromatic carbocycles. The Balaban J connectivity index is 1.29. The number of nitrogens with zero attached hydrogens (tertiary/aromatic N) is 2. The zero-order valence-corrected chi connectivity index (χ0v) is 17.1. The maximum absolute atomic E-state index is 12.9. The number of aryl methyl sites for hydroxylation is 3. The van der Waals surface area contributed by atoms with Crippen molar-refractivity contribution in [1.82, 2.24) is 15.3 Å². The zero-order valence-electron chi connectivity index (χ0n) is 16.3. The number of carbonyl (C=O) groups is 1. The van der Waals surface area contributed by atoms with Gasteiger partial charge in [0.1, 0.15) is 0 Å². The predicted octanol–water partition coefficient (Wildman–Crippen LogP) is 5.09. The van der Waals surface area contributed by atoms with Crippen LogP contribution in [-0.4, -0.2) is 22.4 Å². The molecule has 146 valence electrons. The van der Waals surface area contributed by atoms with Gasteiger partial charge in [-0.05, 0) is 55.0 Å². The number of fused-ring (bicyclic) bond motifs is 4. The van der Waals surface area contributed by atoms with E-state index < -0.39 is 0 Å². The van der Waals surface area contributed by atoms with E-state index in [-0.39, 0.29) is 5.91 Å². The second-order valence-electron chi connectivity index (χ2n) is 7.59. The Labute approximate surface area is 174 Å². The number of benzene rings is 2. The fraction of sp³-hybridized carbons (Fsp3) is 0.292. The van der Waals surface area contributed by atoms with Gasteiger partial charge in [-0.25, -0.2) is 4.98 Å². The van der Waals surface area contributed by atoms with Gasteiger partial charge < -0.3 is 5.32 Å². The molecule has 1 amide bonds. The highest BCUT2D eigenvalue weighted by atomic mass is 32.1. The second-order valence-corrected chi connectivity index (χ2v) is 8.76. The molecule has 0 aliphatic heterocycles. The highest BCUT2D eigenvalue weighted by Crippen LogP contribution is 2.28. The number of nitrogens with one attached hydrogen (secondary N) is 1. The average Bonchev–Trinajstić information content (AvgIpc) is 3.19. The SMILES string of the molecule is O=C(NCCCc1nc2c(s1)CCCC2)c1cc2ccccc2c2cccnc12. The fourth-order valence-corrected chi connectivity index (χ4v) is 5.35. The van der Waals surface area contributed by atoms with Crippen molar-refractivity contribution in [3.05, 3.63) is 69.8 Å². The van der Waals surface area contributed by atoms with Crippen LogP contribution in [0.15, 0.2) is 48.7 Å². The number of aromatic nitrogens is 2. The van der Waals surface area contributed by atoms with Gasteiger partial charge in [0.05, 0.1) is 21.8 Å². The third-order valence-electron chi connectivity index (χ3n) is 5.60. The number of amides is 1. The van der Waals surface area contributed by atoms with Crippen molar-refractivity contribution in [3.8, 4) is 0 Å². The minimum atomic E-state index is -0.0575. The molecule has 1 aliphatic rings. The number of pyridine rings is 1. The quantitative estimate of drug-likeness (QED) is 0.374. The number of thiazole rings is 1. The minimum Gasteiger partial charge on any atom is -0.352 e. The van der Waals surface area contributed by atoms with Gasteiger partial charge >= 0.3 is 0 Å². The van der Waals surface area contributed by atoms with Gasteiger partial charge in [0, 0.05) is 29.4 Å². The third-order valence-corrected chi connectivity index (χ3v) is 6.82. The zero-order chi connectivity index (χ0) is 19.6. The Morgan fingerprint density at radius 3 is 2.86 bits per heavy atom. The van der Waals surface area contributed by atoms with Crippen molar-refractivity contribution in [2.45, 2.75) is 38.5 Å². The lowest BCUT2D eigenvalue weighted by atomic mass is 10.0. The molecule has 2 heterocycles. The molecule has 0 bridgehead atoms. The summed E-state index contributed by atoms with van der Waals surface area (Å²) in [6.07, 6.45) is 8.44. The van der Waals surface area contributed by atoms with Gasteiger partial charge in [-0.1, -0.05) is 30.3 Å². The first-order valence-electron chi connectivity index (χ1n) is 10.3. The Morgan fingerprint density at radius 2 is 1.93 bits per heavy atom. The van der Waals surface area contributed by atoms with Crippen LogP contribution in [0.5, 0.6) is 0 Å². The molecule has 2 aromatic heterocycles. The van der Waals surface area contributed by atoms with Crippen LogP contribution in [-0.2, 0) is 19.3 Å². The van der Waals surface area contributed by atoms with Crippen LogP contribution in [0.4, 0.5) is 0 Å². The van der Waals surface area contributed by atoms with E-state index in [2.05, 4.69) is 16.4 Å². The Bertz CT molecular complexity index is 1170. The van der Waals surface area contributed by atoms with E-state index in [1.165, 1.54) is 34.8 Å². The molecule has 0 atom stereocenters. The molecule has 0 spiro atoms. The first-order valence-corrected chi connectivity index (χ1v) is 11.1. The highest BCUT2D eigenvalue weighted by Gasteiger charge is 2.16. The van der Waals surface area contributed by atoms with Crippen LogP contribution in [0.25, 0.3) is 21.7 Å². The van der Waals surface area contributed by atoms with Gasteiger partial charge in [-0.3, -0.25) is 9.78 Å². The summed E-state index contributed by atoms with van der Waals surface area (Å²) >= 11 is 1.86. The summed E-state index contributed by atoms with van der Waals surface area (Å²) in [5.41, 5.74) is 2.72. The first kappa shape index (κ1) is 18.3. The van der Waals surface area contributed by atoms with E-state index in [1.807, 2.05) is 47.7 Å². The van der Waals surface area contributed by atoms with Crippen LogP contribution in [0, 0.1) is 0 Å². The van der Waals surface area contributed by atoms with Crippen LogP contribution < -0.4 is 5.32 Å². The number of hydrogen-bond acceptors (Lipinski definition) is 4. The molecule has 0 fully saturated rings. The number of rotatable bonds is 5. The van der Waals surface area contributed by atoms with Crippen LogP contribution in [0.3, 0.4) is 0 Å². The third kappa shape index (κ3) is 3.62. The van der Waals surface area contributed by atoms with E-state index in [0.717, 1.165) is 40.9 Å². The van der Waals surface area contributed by atoms with Crippen molar-refractivity contribution in [1.29, 1.82) is 0 Å². The van der Waals surface area contributed by atoms with E-state index >= 15 is 0 Å². The highest BCUT2D eigenvalue weighted by molar-refractivity contribution is 7.11. The molecule has 0 radical (unpaired) electrons. The largest absolute Gasteiger partial charge is 0.352 e. The van der Waals surface area contributed by atoms with Crippen molar-refractivity contribution >= 4 is 38.9 Å². The van der Waals surface area contributed by atoms with Crippen molar-refractivity contribution in [2.24, 2.45) is 0 Å². The maximum atomic E-state index is 12.9. The molecule has 29 heavy (non-hydrogen) atoms. The van der Waals surface area contributed by atoms with E-state index in [1.54, 1.807) is 6.20 Å². The van der Waals surface area contributed by atoms with Crippen molar-refractivity contribution in [2.75, 3.05) is 6.54 Å². The van der Waals surface area contributed by atoms with Gasteiger partial charge in [0.2, 0.25) is 0 Å². The topological polar surface area (TPSA) is 54.9 Å². The molecule has 4 aromatic rings. The van der Waals surface area contributed by atoms with Gasteiger partial charge in [-0.2, -0.15) is 0 Å². The minimum absolute atomic E-state index is 0.0575. The fourth-order valence-electron chi connectivity index (χ4n) is 4.15. The average molecular weight is 402 g/mol. The summed E-state index contributed by atoms with van der Waals surface area (Å²) < 4.78 is 0. The Hall–Kier alpha value is -2.79. The van der Waals surface area contributed by atoms with E-state index in [9.17, 15) is 4.79 Å². The van der Waals surface area contributed by atoms with Crippen molar-refractivity contribution < 1.29 is 4.79 Å². The standard InChI is InChI=1S/C24H23N3OS/c28-24(26-14-6-12-22-27-20-10-3-4-11-21(20)29-22)19-15-16-7-1-2-8-17(16)18-9-5-13-25-23(18)19/h1-2,5,7-9,13,15H,3-4,6,10-12,14H2,(H,26,28). The second kappa shape index (κ2) is 7.91. The summed E-state index contributed by atoms with van der Waals surface area (Å²) in [4.78, 5) is 23.7. The monoisotopic (exact) mass is 401 g/mol. The van der Waals surface area contributed by atoms with E-state index in [0.29, 0.717) is 12.1 Å². The Kier molecular flexibility index (Phi) is 4.98. The van der Waals surface area contributed by atoms with Gasteiger partial charge in [0.25, 0.3) is 5.91 Å². The maximum Gasteiger partial charge on any atom is 0.253 e. The summed E-state index contributed by atoms with van der Waals surface area (Å²) in [5, 5.41) is 7.50. The van der Waals surface area contributed by atoms with Crippen LogP contribution in [0.2, 0.25) is 0 Å².